The standard InChI is InChI=1S/C28H49N3O5.2ClH/c1-19(2)22(15-21-9-10-26(35-6)27(16-21)36-14-8-13-34-5)17-24(29)25(32)18-23(20(3)4)28(33)30-31-11-7-12-31;;/h9-10,16,19-20,22-25,32H,7-8,11-15,17-18,29H2,1-6H3,(H,30,33);2*1H. The average Bonchev–Trinajstić information content (AvgIpc) is 2.81. The highest BCUT2D eigenvalue weighted by Gasteiger charge is 2.31. The van der Waals surface area contributed by atoms with Crippen LogP contribution in [0.4, 0.5) is 0 Å². The predicted molar refractivity (Wildman–Crippen MR) is 157 cm³/mol. The molecule has 1 aromatic rings. The van der Waals surface area contributed by atoms with Gasteiger partial charge in [0.25, 0.3) is 0 Å². The number of hydrogen-bond donors (Lipinski definition) is 3. The zero-order valence-corrected chi connectivity index (χ0v) is 25.6. The Morgan fingerprint density at radius 2 is 1.74 bits per heavy atom. The number of halogens is 2. The van der Waals surface area contributed by atoms with Gasteiger partial charge < -0.3 is 25.1 Å². The first-order valence-corrected chi connectivity index (χ1v) is 13.4. The third kappa shape index (κ3) is 11.8. The summed E-state index contributed by atoms with van der Waals surface area (Å²) in [6.45, 7) is 11.4. The van der Waals surface area contributed by atoms with Crippen molar-refractivity contribution in [3.8, 4) is 11.5 Å². The molecule has 0 aliphatic carbocycles. The molecule has 4 unspecified atom stereocenters. The van der Waals surface area contributed by atoms with Gasteiger partial charge in [0.1, 0.15) is 0 Å². The normalized spacial score (nSPS) is 16.5. The third-order valence-corrected chi connectivity index (χ3v) is 7.25. The largest absolute Gasteiger partial charge is 0.493 e. The Bertz CT molecular complexity index is 796. The van der Waals surface area contributed by atoms with Gasteiger partial charge in [-0.1, -0.05) is 33.8 Å². The molecular formula is C28H51Cl2N3O5. The molecule has 1 aromatic carbocycles. The van der Waals surface area contributed by atoms with Crippen LogP contribution in [0, 0.1) is 23.7 Å². The lowest BCUT2D eigenvalue weighted by Crippen LogP contribution is -2.53. The smallest absolute Gasteiger partial charge is 0.237 e. The third-order valence-electron chi connectivity index (χ3n) is 7.25. The topological polar surface area (TPSA) is 106 Å². The van der Waals surface area contributed by atoms with Crippen molar-refractivity contribution in [3.05, 3.63) is 23.8 Å². The molecule has 38 heavy (non-hydrogen) atoms. The molecule has 10 heteroatoms. The maximum atomic E-state index is 12.8. The predicted octanol–water partition coefficient (Wildman–Crippen LogP) is 4.25. The number of methoxy groups -OCH3 is 2. The van der Waals surface area contributed by atoms with Gasteiger partial charge in [0.05, 0.1) is 19.8 Å². The van der Waals surface area contributed by atoms with Crippen LogP contribution in [0.3, 0.4) is 0 Å². The number of nitrogens with zero attached hydrogens (tertiary/aromatic N) is 1. The SMILES string of the molecule is COCCCOc1cc(CC(CC(N)C(O)CC(C(=O)NN2CCC2)C(C)C)C(C)C)ccc1OC.Cl.Cl. The minimum atomic E-state index is -0.740. The van der Waals surface area contributed by atoms with Crippen molar-refractivity contribution in [2.24, 2.45) is 29.4 Å². The molecule has 1 saturated heterocycles. The maximum absolute atomic E-state index is 12.8. The molecular weight excluding hydrogens is 529 g/mol. The van der Waals surface area contributed by atoms with Crippen LogP contribution in [-0.2, 0) is 16.0 Å². The van der Waals surface area contributed by atoms with E-state index in [1.165, 1.54) is 0 Å². The van der Waals surface area contributed by atoms with Crippen molar-refractivity contribution in [1.29, 1.82) is 0 Å². The lowest BCUT2D eigenvalue weighted by molar-refractivity contribution is -0.134. The number of hydrazine groups is 1. The van der Waals surface area contributed by atoms with E-state index < -0.39 is 12.1 Å². The van der Waals surface area contributed by atoms with E-state index in [9.17, 15) is 9.90 Å². The molecule has 0 spiro atoms. The summed E-state index contributed by atoms with van der Waals surface area (Å²) in [6.07, 6.45) is 3.03. The summed E-state index contributed by atoms with van der Waals surface area (Å²) < 4.78 is 16.5. The molecule has 1 fully saturated rings. The molecule has 4 N–H and O–H groups in total. The monoisotopic (exact) mass is 579 g/mol. The minimum absolute atomic E-state index is 0. The van der Waals surface area contributed by atoms with E-state index in [0.717, 1.165) is 43.7 Å². The van der Waals surface area contributed by atoms with Crippen LogP contribution >= 0.6 is 24.8 Å². The summed E-state index contributed by atoms with van der Waals surface area (Å²) in [7, 11) is 3.32. The van der Waals surface area contributed by atoms with Gasteiger partial charge in [-0.3, -0.25) is 10.2 Å². The summed E-state index contributed by atoms with van der Waals surface area (Å²) >= 11 is 0. The molecule has 2 rings (SSSR count). The van der Waals surface area contributed by atoms with Crippen LogP contribution < -0.4 is 20.6 Å². The highest BCUT2D eigenvalue weighted by molar-refractivity contribution is 5.85. The number of nitrogens with two attached hydrogens (primary N) is 1. The fourth-order valence-electron chi connectivity index (χ4n) is 4.53. The molecule has 0 aromatic heterocycles. The van der Waals surface area contributed by atoms with Gasteiger partial charge in [-0.05, 0) is 61.1 Å². The second-order valence-corrected chi connectivity index (χ2v) is 10.8. The van der Waals surface area contributed by atoms with E-state index in [-0.39, 0.29) is 48.5 Å². The molecule has 1 amide bonds. The lowest BCUT2D eigenvalue weighted by Gasteiger charge is -2.34. The second kappa shape index (κ2) is 18.9. The van der Waals surface area contributed by atoms with Gasteiger partial charge in [-0.2, -0.15) is 0 Å². The highest BCUT2D eigenvalue weighted by atomic mass is 35.5. The van der Waals surface area contributed by atoms with Gasteiger partial charge in [0, 0.05) is 45.2 Å². The Balaban J connectivity index is 0.00000684. The van der Waals surface area contributed by atoms with Crippen LogP contribution in [-0.4, -0.2) is 68.7 Å². The quantitative estimate of drug-likeness (QED) is 0.237. The summed E-state index contributed by atoms with van der Waals surface area (Å²) in [5, 5.41) is 12.9. The van der Waals surface area contributed by atoms with Crippen molar-refractivity contribution in [1.82, 2.24) is 10.4 Å². The van der Waals surface area contributed by atoms with E-state index in [2.05, 4.69) is 25.3 Å². The molecule has 1 aliphatic heterocycles. The molecule has 1 heterocycles. The number of carbonyl (C=O) groups is 1. The number of aliphatic hydroxyl groups is 1. The van der Waals surface area contributed by atoms with Crippen LogP contribution in [0.5, 0.6) is 11.5 Å². The summed E-state index contributed by atoms with van der Waals surface area (Å²) in [4.78, 5) is 12.8. The van der Waals surface area contributed by atoms with Crippen molar-refractivity contribution >= 4 is 30.7 Å². The van der Waals surface area contributed by atoms with Gasteiger partial charge >= 0.3 is 0 Å². The number of aliphatic hydroxyl groups excluding tert-OH is 1. The van der Waals surface area contributed by atoms with Crippen LogP contribution in [0.2, 0.25) is 0 Å². The maximum Gasteiger partial charge on any atom is 0.237 e. The first-order chi connectivity index (χ1) is 17.2. The molecule has 222 valence electrons. The van der Waals surface area contributed by atoms with E-state index in [0.29, 0.717) is 37.7 Å². The van der Waals surface area contributed by atoms with Gasteiger partial charge in [0.2, 0.25) is 5.91 Å². The van der Waals surface area contributed by atoms with E-state index >= 15 is 0 Å². The van der Waals surface area contributed by atoms with Crippen LogP contribution in [0.15, 0.2) is 18.2 Å². The van der Waals surface area contributed by atoms with E-state index in [1.54, 1.807) is 14.2 Å². The first-order valence-electron chi connectivity index (χ1n) is 13.4. The van der Waals surface area contributed by atoms with Gasteiger partial charge in [-0.15, -0.1) is 24.8 Å². The van der Waals surface area contributed by atoms with Crippen LogP contribution in [0.25, 0.3) is 0 Å². The highest BCUT2D eigenvalue weighted by Crippen LogP contribution is 2.31. The average molecular weight is 581 g/mol. The van der Waals surface area contributed by atoms with Crippen LogP contribution in [0.1, 0.15) is 58.9 Å². The Labute approximate surface area is 242 Å². The fraction of sp³-hybridized carbons (Fsp3) is 0.750. The van der Waals surface area contributed by atoms with Gasteiger partial charge in [-0.25, -0.2) is 5.01 Å². The molecule has 0 saturated carbocycles. The zero-order chi connectivity index (χ0) is 26.7. The molecule has 0 radical (unpaired) electrons. The summed E-state index contributed by atoms with van der Waals surface area (Å²) in [5.74, 6) is 1.92. The number of ether oxygens (including phenoxy) is 3. The number of carbonyl (C=O) groups excluding carboxylic acids is 1. The molecule has 1 aliphatic rings. The van der Waals surface area contributed by atoms with Crippen molar-refractivity contribution in [2.75, 3.05) is 40.5 Å². The molecule has 4 atom stereocenters. The summed E-state index contributed by atoms with van der Waals surface area (Å²) in [6, 6.07) is 5.64. The number of amides is 1. The van der Waals surface area contributed by atoms with Crippen molar-refractivity contribution < 1.29 is 24.1 Å². The van der Waals surface area contributed by atoms with Crippen molar-refractivity contribution in [2.45, 2.75) is 71.9 Å². The van der Waals surface area contributed by atoms with Gasteiger partial charge in [0.15, 0.2) is 11.5 Å². The van der Waals surface area contributed by atoms with E-state index in [4.69, 9.17) is 19.9 Å². The van der Waals surface area contributed by atoms with E-state index in [1.807, 2.05) is 31.0 Å². The number of benzene rings is 1. The Morgan fingerprint density at radius 1 is 1.05 bits per heavy atom. The number of hydrogen-bond acceptors (Lipinski definition) is 7. The fourth-order valence-corrected chi connectivity index (χ4v) is 4.53. The Hall–Kier alpha value is -1.29. The second-order valence-electron chi connectivity index (χ2n) is 10.8. The number of nitrogens with one attached hydrogen (secondary N) is 1. The zero-order valence-electron chi connectivity index (χ0n) is 24.0. The Morgan fingerprint density at radius 3 is 2.26 bits per heavy atom. The first kappa shape index (κ1) is 36.7. The summed E-state index contributed by atoms with van der Waals surface area (Å²) in [5.41, 5.74) is 10.6. The number of rotatable bonds is 17. The molecule has 8 nitrogen and oxygen atoms in total. The lowest BCUT2D eigenvalue weighted by atomic mass is 9.81. The van der Waals surface area contributed by atoms with Crippen molar-refractivity contribution in [3.63, 3.8) is 0 Å². The minimum Gasteiger partial charge on any atom is -0.493 e. The Kier molecular flexibility index (Phi) is 18.3. The molecule has 0 bridgehead atoms.